The Kier molecular flexibility index (Phi) is 2.83. The Labute approximate surface area is 100 Å². The molecule has 1 heterocycles. The number of nitrogens with zero attached hydrogens (tertiary/aromatic N) is 1. The zero-order chi connectivity index (χ0) is 10.2. The molecular weight excluding hydrogens is 391 g/mol. The fraction of sp³-hybridized carbons (Fsp3) is 0.333. The first-order valence-corrected chi connectivity index (χ1v) is 8.08. The van der Waals surface area contributed by atoms with Crippen molar-refractivity contribution in [2.75, 3.05) is 7.87 Å². The van der Waals surface area contributed by atoms with E-state index >= 15 is 0 Å². The molecule has 1 aliphatic heterocycles. The number of benzene rings is 1. The van der Waals surface area contributed by atoms with Gasteiger partial charge in [0, 0.05) is 0 Å². The molecule has 5 heteroatoms. The third-order valence-electron chi connectivity index (χ3n) is 2.38. The summed E-state index contributed by atoms with van der Waals surface area (Å²) in [5, 5.41) is 0. The van der Waals surface area contributed by atoms with Crippen molar-refractivity contribution in [1.29, 1.82) is 0 Å². The SMILES string of the molecule is O=S1(=O)CCCc2ccccc2[N]1[Tl]. The molecule has 0 unspecified atom stereocenters. The van der Waals surface area contributed by atoms with Gasteiger partial charge in [0.25, 0.3) is 0 Å². The van der Waals surface area contributed by atoms with Gasteiger partial charge in [-0.2, -0.15) is 0 Å². The average molecular weight is 401 g/mol. The molecule has 3 nitrogen and oxygen atoms in total. The van der Waals surface area contributed by atoms with Crippen molar-refractivity contribution in [3.05, 3.63) is 29.8 Å². The summed E-state index contributed by atoms with van der Waals surface area (Å²) < 4.78 is 25.0. The second-order valence-corrected chi connectivity index (χ2v) is 8.77. The van der Waals surface area contributed by atoms with E-state index in [4.69, 9.17) is 0 Å². The summed E-state index contributed by atoms with van der Waals surface area (Å²) in [5.74, 6) is 0.290. The van der Waals surface area contributed by atoms with Crippen molar-refractivity contribution in [2.45, 2.75) is 12.8 Å². The molecule has 0 amide bonds. The van der Waals surface area contributed by atoms with Crippen molar-refractivity contribution in [3.8, 4) is 0 Å². The van der Waals surface area contributed by atoms with E-state index in [1.165, 1.54) is 0 Å². The van der Waals surface area contributed by atoms with E-state index in [0.29, 0.717) is 26.1 Å². The molecule has 0 radical (unpaired) electrons. The van der Waals surface area contributed by atoms with Crippen LogP contribution in [0.2, 0.25) is 0 Å². The van der Waals surface area contributed by atoms with Gasteiger partial charge in [-0.25, -0.2) is 0 Å². The number of anilines is 1. The van der Waals surface area contributed by atoms with E-state index in [2.05, 4.69) is 0 Å². The predicted octanol–water partition coefficient (Wildman–Crippen LogP) is 0.853. The Morgan fingerprint density at radius 3 is 2.79 bits per heavy atom. The normalized spacial score (nSPS) is 19.8. The molecule has 0 saturated heterocycles. The van der Waals surface area contributed by atoms with Crippen LogP contribution < -0.4 is 2.11 Å². The van der Waals surface area contributed by atoms with Crippen LogP contribution in [-0.4, -0.2) is 40.2 Å². The molecule has 0 bridgehead atoms. The number of hydrogen-bond acceptors (Lipinski definition) is 2. The zero-order valence-corrected chi connectivity index (χ0v) is 13.0. The fourth-order valence-corrected chi connectivity index (χ4v) is 5.02. The van der Waals surface area contributed by atoms with Crippen molar-refractivity contribution in [3.63, 3.8) is 0 Å². The minimum atomic E-state index is -3.00. The summed E-state index contributed by atoms with van der Waals surface area (Å²) in [6.07, 6.45) is 1.61. The Morgan fingerprint density at radius 1 is 1.29 bits per heavy atom. The monoisotopic (exact) mass is 401 g/mol. The fourth-order valence-electron chi connectivity index (χ4n) is 1.63. The summed E-state index contributed by atoms with van der Waals surface area (Å²) >= 11 is 0.309. The summed E-state index contributed by atoms with van der Waals surface area (Å²) in [6.45, 7) is 0. The van der Waals surface area contributed by atoms with Crippen LogP contribution in [-0.2, 0) is 16.4 Å². The topological polar surface area (TPSA) is 37.4 Å². The van der Waals surface area contributed by atoms with Gasteiger partial charge >= 0.3 is 101 Å². The van der Waals surface area contributed by atoms with E-state index in [1.54, 1.807) is 2.11 Å². The van der Waals surface area contributed by atoms with E-state index in [9.17, 15) is 8.42 Å². The average Bonchev–Trinajstić information content (AvgIpc) is 2.27. The van der Waals surface area contributed by atoms with Crippen molar-refractivity contribution in [1.82, 2.24) is 0 Å². The van der Waals surface area contributed by atoms with E-state index in [-0.39, 0.29) is 5.75 Å². The molecule has 0 N–H and O–H groups in total. The maximum absolute atomic E-state index is 11.7. The van der Waals surface area contributed by atoms with Gasteiger partial charge < -0.3 is 0 Å². The van der Waals surface area contributed by atoms with E-state index in [0.717, 1.165) is 24.1 Å². The molecule has 72 valence electrons. The molecule has 1 aliphatic rings. The number of fused-ring (bicyclic) bond motifs is 1. The van der Waals surface area contributed by atoms with Gasteiger partial charge in [0.1, 0.15) is 0 Å². The summed E-state index contributed by atoms with van der Waals surface area (Å²) in [5.41, 5.74) is 2.06. The van der Waals surface area contributed by atoms with Crippen molar-refractivity contribution in [2.24, 2.45) is 0 Å². The molecular formula is C9H10NO2STl. The van der Waals surface area contributed by atoms with Gasteiger partial charge in [0.05, 0.1) is 0 Å². The van der Waals surface area contributed by atoms with E-state index in [1.807, 2.05) is 24.3 Å². The molecule has 0 aromatic heterocycles. The van der Waals surface area contributed by atoms with Crippen LogP contribution >= 0.6 is 0 Å². The van der Waals surface area contributed by atoms with Gasteiger partial charge in [-0.15, -0.1) is 0 Å². The van der Waals surface area contributed by atoms with Crippen LogP contribution in [0.1, 0.15) is 12.0 Å². The standard InChI is InChI=1S/C9H10NO2S.Tl/c11-13(12)7-3-5-8-4-1-2-6-9(8)10-13;/h1-2,4,6H,3,5,7H2;/q-1;+1. The predicted molar refractivity (Wildman–Crippen MR) is 56.8 cm³/mol. The Morgan fingerprint density at radius 2 is 2.00 bits per heavy atom. The zero-order valence-electron chi connectivity index (χ0n) is 7.68. The van der Waals surface area contributed by atoms with Gasteiger partial charge in [-0.05, 0) is 0 Å². The maximum atomic E-state index is 11.7. The van der Waals surface area contributed by atoms with Gasteiger partial charge in [-0.3, -0.25) is 0 Å². The second-order valence-electron chi connectivity index (χ2n) is 3.34. The summed E-state index contributed by atoms with van der Waals surface area (Å²) in [7, 11) is -3.00. The molecule has 0 spiro atoms. The molecule has 0 fully saturated rings. The molecule has 14 heavy (non-hydrogen) atoms. The van der Waals surface area contributed by atoms with Crippen LogP contribution in [0.4, 0.5) is 5.69 Å². The Bertz CT molecular complexity index is 444. The summed E-state index contributed by atoms with van der Waals surface area (Å²) in [6, 6.07) is 7.79. The van der Waals surface area contributed by atoms with E-state index < -0.39 is 10.0 Å². The quantitative estimate of drug-likeness (QED) is 0.606. The number of sulfonamides is 1. The third kappa shape index (κ3) is 1.81. The van der Waals surface area contributed by atoms with Gasteiger partial charge in [0.15, 0.2) is 0 Å². The first-order chi connectivity index (χ1) is 6.61. The Hall–Kier alpha value is -0.108. The van der Waals surface area contributed by atoms with Crippen LogP contribution in [0, 0.1) is 0 Å². The molecule has 0 aliphatic carbocycles. The Balaban J connectivity index is 2.56. The number of aryl methyl sites for hydroxylation is 1. The number of para-hydroxylation sites is 1. The number of rotatable bonds is 0. The number of hydrogen-bond donors (Lipinski definition) is 0. The molecule has 2 rings (SSSR count). The molecule has 1 aromatic rings. The third-order valence-corrected chi connectivity index (χ3v) is 8.81. The minimum absolute atomic E-state index is 0.290. The van der Waals surface area contributed by atoms with Crippen LogP contribution in [0.15, 0.2) is 24.3 Å². The molecule has 0 saturated carbocycles. The van der Waals surface area contributed by atoms with Crippen LogP contribution in [0.25, 0.3) is 0 Å². The summed E-state index contributed by atoms with van der Waals surface area (Å²) in [4.78, 5) is 0. The van der Waals surface area contributed by atoms with Gasteiger partial charge in [-0.1, -0.05) is 0 Å². The molecule has 1 aromatic carbocycles. The van der Waals surface area contributed by atoms with Crippen LogP contribution in [0.5, 0.6) is 0 Å². The first kappa shape index (κ1) is 10.4. The van der Waals surface area contributed by atoms with Crippen molar-refractivity contribution < 1.29 is 8.42 Å². The first-order valence-electron chi connectivity index (χ1n) is 4.47. The van der Waals surface area contributed by atoms with Gasteiger partial charge in [0.2, 0.25) is 0 Å². The van der Waals surface area contributed by atoms with Crippen LogP contribution in [0.3, 0.4) is 0 Å². The molecule has 0 atom stereocenters. The second kappa shape index (κ2) is 3.80. The van der Waals surface area contributed by atoms with Crippen molar-refractivity contribution >= 4 is 41.8 Å².